The zero-order valence-electron chi connectivity index (χ0n) is 15.7. The number of para-hydroxylation sites is 2. The summed E-state index contributed by atoms with van der Waals surface area (Å²) in [5.74, 6) is -2.17. The van der Waals surface area contributed by atoms with E-state index in [-0.39, 0.29) is 17.7 Å². The van der Waals surface area contributed by atoms with E-state index < -0.39 is 29.6 Å². The third-order valence-electron chi connectivity index (χ3n) is 4.90. The molecule has 0 saturated heterocycles. The number of esters is 1. The Morgan fingerprint density at radius 1 is 1.00 bits per heavy atom. The van der Waals surface area contributed by atoms with E-state index >= 15 is 0 Å². The van der Waals surface area contributed by atoms with Crippen molar-refractivity contribution in [3.63, 3.8) is 0 Å². The van der Waals surface area contributed by atoms with E-state index in [1.807, 2.05) is 0 Å². The van der Waals surface area contributed by atoms with Gasteiger partial charge in [0.25, 0.3) is 11.8 Å². The average Bonchev–Trinajstić information content (AvgIpc) is 3.18. The van der Waals surface area contributed by atoms with Crippen LogP contribution in [0.5, 0.6) is 0 Å². The fraction of sp³-hybridized carbons (Fsp3) is 0.238. The molecular weight excluding hydrogens is 376 g/mol. The summed E-state index contributed by atoms with van der Waals surface area (Å²) in [5, 5.41) is 0. The lowest BCUT2D eigenvalue weighted by Crippen LogP contribution is -2.43. The molecule has 1 aliphatic rings. The second-order valence-corrected chi connectivity index (χ2v) is 6.71. The van der Waals surface area contributed by atoms with Crippen LogP contribution >= 0.6 is 0 Å². The topological polar surface area (TPSA) is 98.8 Å². The first kappa shape index (κ1) is 18.7. The quantitative estimate of drug-likeness (QED) is 0.361. The zero-order valence-corrected chi connectivity index (χ0v) is 15.7. The first-order chi connectivity index (χ1) is 14.0. The van der Waals surface area contributed by atoms with Crippen LogP contribution < -0.4 is 5.76 Å². The molecule has 2 heterocycles. The van der Waals surface area contributed by atoms with Crippen LogP contribution in [0.4, 0.5) is 0 Å². The highest BCUT2D eigenvalue weighted by Crippen LogP contribution is 2.24. The zero-order chi connectivity index (χ0) is 20.5. The second-order valence-electron chi connectivity index (χ2n) is 6.71. The lowest BCUT2D eigenvalue weighted by atomic mass is 10.1. The number of ether oxygens (including phenoxy) is 1. The number of rotatable bonds is 6. The minimum absolute atomic E-state index is 0.0400. The molecule has 0 bridgehead atoms. The number of imide groups is 1. The van der Waals surface area contributed by atoms with Crippen LogP contribution in [0.2, 0.25) is 0 Å². The Labute approximate surface area is 165 Å². The fourth-order valence-corrected chi connectivity index (χ4v) is 3.41. The van der Waals surface area contributed by atoms with Crippen molar-refractivity contribution >= 4 is 28.9 Å². The van der Waals surface area contributed by atoms with Crippen molar-refractivity contribution in [2.75, 3.05) is 6.61 Å². The first-order valence-electron chi connectivity index (χ1n) is 9.21. The van der Waals surface area contributed by atoms with Crippen molar-refractivity contribution in [1.29, 1.82) is 0 Å². The molecule has 0 saturated carbocycles. The van der Waals surface area contributed by atoms with Crippen molar-refractivity contribution in [2.45, 2.75) is 25.9 Å². The van der Waals surface area contributed by atoms with Crippen molar-refractivity contribution in [2.24, 2.45) is 0 Å². The van der Waals surface area contributed by atoms with E-state index in [0.717, 1.165) is 4.90 Å². The number of carbonyl (C=O) groups is 3. The molecule has 2 aromatic carbocycles. The van der Waals surface area contributed by atoms with Crippen LogP contribution in [-0.4, -0.2) is 39.9 Å². The van der Waals surface area contributed by atoms with Crippen LogP contribution in [0.25, 0.3) is 11.1 Å². The van der Waals surface area contributed by atoms with Gasteiger partial charge in [-0.2, -0.15) is 0 Å². The average molecular weight is 394 g/mol. The van der Waals surface area contributed by atoms with Crippen molar-refractivity contribution in [1.82, 2.24) is 9.47 Å². The largest absolute Gasteiger partial charge is 0.464 e. The number of benzene rings is 2. The Morgan fingerprint density at radius 2 is 1.62 bits per heavy atom. The highest BCUT2D eigenvalue weighted by atomic mass is 16.5. The molecule has 1 unspecified atom stereocenters. The van der Waals surface area contributed by atoms with Crippen molar-refractivity contribution in [3.8, 4) is 0 Å². The van der Waals surface area contributed by atoms with Gasteiger partial charge in [-0.05, 0) is 37.6 Å². The van der Waals surface area contributed by atoms with Gasteiger partial charge in [0.05, 0.1) is 23.3 Å². The highest BCUT2D eigenvalue weighted by Gasteiger charge is 2.41. The standard InChI is InChI=1S/C21H18N2O6/c1-13(23-18(24)14-7-2-3-8-15(14)19(23)25)20(26)28-12-6-11-22-16-9-4-5-10-17(16)29-21(22)27/h2-5,7-10,13H,6,11-12H2,1H3. The van der Waals surface area contributed by atoms with Gasteiger partial charge in [0.1, 0.15) is 6.04 Å². The number of aromatic nitrogens is 1. The Hall–Kier alpha value is -3.68. The molecule has 29 heavy (non-hydrogen) atoms. The maximum atomic E-state index is 12.4. The molecule has 8 heteroatoms. The van der Waals surface area contributed by atoms with Crippen molar-refractivity contribution < 1.29 is 23.5 Å². The predicted molar refractivity (Wildman–Crippen MR) is 102 cm³/mol. The summed E-state index contributed by atoms with van der Waals surface area (Å²) in [7, 11) is 0. The molecular formula is C21H18N2O6. The van der Waals surface area contributed by atoms with Crippen LogP contribution in [0.15, 0.2) is 57.7 Å². The van der Waals surface area contributed by atoms with Gasteiger partial charge >= 0.3 is 11.7 Å². The summed E-state index contributed by atoms with van der Waals surface area (Å²) >= 11 is 0. The van der Waals surface area contributed by atoms with Crippen LogP contribution in [0.3, 0.4) is 0 Å². The molecule has 2 amide bonds. The maximum absolute atomic E-state index is 12.4. The normalized spacial score (nSPS) is 14.3. The van der Waals surface area contributed by atoms with E-state index in [1.165, 1.54) is 11.5 Å². The van der Waals surface area contributed by atoms with Gasteiger partial charge in [-0.1, -0.05) is 24.3 Å². The van der Waals surface area contributed by atoms with Crippen molar-refractivity contribution in [3.05, 3.63) is 70.2 Å². The maximum Gasteiger partial charge on any atom is 0.419 e. The summed E-state index contributed by atoms with van der Waals surface area (Å²) in [5.41, 5.74) is 1.73. The van der Waals surface area contributed by atoms with E-state index in [9.17, 15) is 19.2 Å². The number of hydrogen-bond acceptors (Lipinski definition) is 6. The lowest BCUT2D eigenvalue weighted by Gasteiger charge is -2.20. The minimum Gasteiger partial charge on any atom is -0.464 e. The van der Waals surface area contributed by atoms with E-state index in [0.29, 0.717) is 24.1 Å². The molecule has 0 spiro atoms. The second kappa shape index (κ2) is 7.38. The number of oxazole rings is 1. The molecule has 0 N–H and O–H groups in total. The Balaban J connectivity index is 1.35. The van der Waals surface area contributed by atoms with Gasteiger partial charge in [-0.3, -0.25) is 19.1 Å². The van der Waals surface area contributed by atoms with E-state index in [1.54, 1.807) is 48.5 Å². The minimum atomic E-state index is -1.04. The summed E-state index contributed by atoms with van der Waals surface area (Å²) in [6, 6.07) is 12.5. The van der Waals surface area contributed by atoms with E-state index in [4.69, 9.17) is 9.15 Å². The fourth-order valence-electron chi connectivity index (χ4n) is 3.41. The van der Waals surface area contributed by atoms with Crippen LogP contribution in [0, 0.1) is 0 Å². The summed E-state index contributed by atoms with van der Waals surface area (Å²) < 4.78 is 11.9. The molecule has 8 nitrogen and oxygen atoms in total. The van der Waals surface area contributed by atoms with Gasteiger partial charge in [-0.25, -0.2) is 9.59 Å². The SMILES string of the molecule is CC(C(=O)OCCCn1c(=O)oc2ccccc21)N1C(=O)c2ccccc2C1=O. The van der Waals surface area contributed by atoms with Crippen LogP contribution in [-0.2, 0) is 16.1 Å². The molecule has 1 aliphatic heterocycles. The Bertz CT molecular complexity index is 1140. The number of amides is 2. The smallest absolute Gasteiger partial charge is 0.419 e. The van der Waals surface area contributed by atoms with Crippen LogP contribution in [0.1, 0.15) is 34.1 Å². The third-order valence-corrected chi connectivity index (χ3v) is 4.90. The summed E-state index contributed by atoms with van der Waals surface area (Å²) in [6.45, 7) is 1.81. The van der Waals surface area contributed by atoms with Gasteiger partial charge in [0.15, 0.2) is 5.58 Å². The molecule has 1 atom stereocenters. The third kappa shape index (κ3) is 3.22. The predicted octanol–water partition coefficient (Wildman–Crippen LogP) is 2.21. The van der Waals surface area contributed by atoms with Gasteiger partial charge in [0.2, 0.25) is 0 Å². The first-order valence-corrected chi connectivity index (χ1v) is 9.21. The highest BCUT2D eigenvalue weighted by molar-refractivity contribution is 6.22. The monoisotopic (exact) mass is 394 g/mol. The lowest BCUT2D eigenvalue weighted by molar-refractivity contribution is -0.147. The summed E-state index contributed by atoms with van der Waals surface area (Å²) in [4.78, 5) is 50.1. The molecule has 3 aromatic rings. The molecule has 1 aromatic heterocycles. The van der Waals surface area contributed by atoms with Gasteiger partial charge < -0.3 is 9.15 Å². The Kier molecular flexibility index (Phi) is 4.75. The number of carbonyl (C=O) groups excluding carboxylic acids is 3. The summed E-state index contributed by atoms with van der Waals surface area (Å²) in [6.07, 6.45) is 0.379. The molecule has 0 radical (unpaired) electrons. The van der Waals surface area contributed by atoms with Gasteiger partial charge in [-0.15, -0.1) is 0 Å². The molecule has 0 fully saturated rings. The number of hydrogen-bond donors (Lipinski definition) is 0. The Morgan fingerprint density at radius 3 is 2.31 bits per heavy atom. The molecule has 148 valence electrons. The number of nitrogens with zero attached hydrogens (tertiary/aromatic N) is 2. The molecule has 4 rings (SSSR count). The van der Waals surface area contributed by atoms with E-state index in [2.05, 4.69) is 0 Å². The number of aryl methyl sites for hydroxylation is 1. The number of fused-ring (bicyclic) bond motifs is 2. The van der Waals surface area contributed by atoms with Gasteiger partial charge in [0, 0.05) is 6.54 Å². The molecule has 0 aliphatic carbocycles.